The zero-order valence-electron chi connectivity index (χ0n) is 10.2. The Kier molecular flexibility index (Phi) is 4.66. The summed E-state index contributed by atoms with van der Waals surface area (Å²) in [7, 11) is 0. The number of hydrogen-bond donors (Lipinski definition) is 1. The number of ether oxygens (including phenoxy) is 1. The maximum absolute atomic E-state index is 11.4. The monoisotopic (exact) mass is 341 g/mol. The van der Waals surface area contributed by atoms with Crippen molar-refractivity contribution in [2.45, 2.75) is 13.3 Å². The van der Waals surface area contributed by atoms with E-state index in [1.54, 1.807) is 6.08 Å². The van der Waals surface area contributed by atoms with Gasteiger partial charge in [0.25, 0.3) is 11.1 Å². The van der Waals surface area contributed by atoms with Crippen LogP contribution in [0, 0.1) is 0 Å². The lowest BCUT2D eigenvalue weighted by Crippen LogP contribution is -2.17. The van der Waals surface area contributed by atoms with Crippen molar-refractivity contribution in [3.8, 4) is 5.75 Å². The molecule has 1 aliphatic rings. The van der Waals surface area contributed by atoms with Crippen molar-refractivity contribution in [1.82, 2.24) is 5.32 Å². The quantitative estimate of drug-likeness (QED) is 0.850. The molecular formula is C13H12BrNO3S. The van der Waals surface area contributed by atoms with Crippen LogP contribution in [0.2, 0.25) is 0 Å². The standard InChI is InChI=1S/C13H12BrNO3S/c1-2-5-18-10-4-3-8(6-9(10)14)7-11-12(16)15-13(17)19-11/h3-4,6-7H,2,5H2,1H3,(H,15,16,17)/b11-7-. The average Bonchev–Trinajstić information content (AvgIpc) is 2.67. The van der Waals surface area contributed by atoms with Gasteiger partial charge in [-0.15, -0.1) is 0 Å². The molecule has 100 valence electrons. The maximum Gasteiger partial charge on any atom is 0.290 e. The number of thioether (sulfide) groups is 1. The van der Waals surface area contributed by atoms with Crippen molar-refractivity contribution in [2.24, 2.45) is 0 Å². The van der Waals surface area contributed by atoms with Crippen molar-refractivity contribution in [3.05, 3.63) is 33.1 Å². The molecule has 19 heavy (non-hydrogen) atoms. The summed E-state index contributed by atoms with van der Waals surface area (Å²) in [5.74, 6) is 0.418. The van der Waals surface area contributed by atoms with E-state index < -0.39 is 0 Å². The molecule has 0 unspecified atom stereocenters. The Morgan fingerprint density at radius 3 is 2.79 bits per heavy atom. The predicted octanol–water partition coefficient (Wildman–Crippen LogP) is 3.56. The topological polar surface area (TPSA) is 55.4 Å². The van der Waals surface area contributed by atoms with Crippen molar-refractivity contribution >= 4 is 44.9 Å². The number of halogens is 1. The molecule has 1 aromatic carbocycles. The van der Waals surface area contributed by atoms with Gasteiger partial charge in [0.05, 0.1) is 16.0 Å². The van der Waals surface area contributed by atoms with Crippen LogP contribution in [0.1, 0.15) is 18.9 Å². The SMILES string of the molecule is CCCOc1ccc(/C=C2\SC(=O)NC2=O)cc1Br. The van der Waals surface area contributed by atoms with Crippen LogP contribution in [0.5, 0.6) is 5.75 Å². The minimum Gasteiger partial charge on any atom is -0.492 e. The fourth-order valence-electron chi connectivity index (χ4n) is 1.51. The number of imide groups is 1. The highest BCUT2D eigenvalue weighted by Gasteiger charge is 2.24. The van der Waals surface area contributed by atoms with Gasteiger partial charge in [-0.3, -0.25) is 14.9 Å². The van der Waals surface area contributed by atoms with E-state index in [9.17, 15) is 9.59 Å². The summed E-state index contributed by atoms with van der Waals surface area (Å²) in [6.45, 7) is 2.70. The van der Waals surface area contributed by atoms with Crippen LogP contribution in [0.3, 0.4) is 0 Å². The van der Waals surface area contributed by atoms with Gasteiger partial charge in [-0.05, 0) is 57.9 Å². The normalized spacial score (nSPS) is 16.8. The van der Waals surface area contributed by atoms with E-state index in [4.69, 9.17) is 4.74 Å². The smallest absolute Gasteiger partial charge is 0.290 e. The van der Waals surface area contributed by atoms with Crippen molar-refractivity contribution in [2.75, 3.05) is 6.61 Å². The average molecular weight is 342 g/mol. The third-order valence-corrected chi connectivity index (χ3v) is 3.79. The van der Waals surface area contributed by atoms with E-state index in [-0.39, 0.29) is 11.1 Å². The molecule has 1 heterocycles. The van der Waals surface area contributed by atoms with E-state index in [1.165, 1.54) is 0 Å². The zero-order chi connectivity index (χ0) is 13.8. The lowest BCUT2D eigenvalue weighted by molar-refractivity contribution is -0.115. The Labute approximate surface area is 123 Å². The van der Waals surface area contributed by atoms with Gasteiger partial charge in [-0.2, -0.15) is 0 Å². The number of carbonyl (C=O) groups excluding carboxylic acids is 2. The fourth-order valence-corrected chi connectivity index (χ4v) is 2.70. The highest BCUT2D eigenvalue weighted by Crippen LogP contribution is 2.30. The summed E-state index contributed by atoms with van der Waals surface area (Å²) in [6.07, 6.45) is 2.62. The summed E-state index contributed by atoms with van der Waals surface area (Å²) in [5, 5.41) is 1.89. The molecule has 2 amide bonds. The third kappa shape index (κ3) is 3.61. The molecule has 0 radical (unpaired) electrons. The van der Waals surface area contributed by atoms with Crippen molar-refractivity contribution < 1.29 is 14.3 Å². The Hall–Kier alpha value is -1.27. The summed E-state index contributed by atoms with van der Waals surface area (Å²) in [6, 6.07) is 5.54. The van der Waals surface area contributed by atoms with E-state index >= 15 is 0 Å². The van der Waals surface area contributed by atoms with Gasteiger partial charge < -0.3 is 4.74 Å². The first-order valence-corrected chi connectivity index (χ1v) is 7.38. The fraction of sp³-hybridized carbons (Fsp3) is 0.231. The summed E-state index contributed by atoms with van der Waals surface area (Å²) in [5.41, 5.74) is 0.836. The number of rotatable bonds is 4. The van der Waals surface area contributed by atoms with Gasteiger partial charge >= 0.3 is 0 Å². The van der Waals surface area contributed by atoms with Crippen LogP contribution in [-0.2, 0) is 4.79 Å². The van der Waals surface area contributed by atoms with Gasteiger partial charge in [0.15, 0.2) is 0 Å². The minimum atomic E-state index is -0.350. The molecule has 0 atom stereocenters. The first-order valence-electron chi connectivity index (χ1n) is 5.77. The third-order valence-electron chi connectivity index (χ3n) is 2.36. The van der Waals surface area contributed by atoms with Crippen LogP contribution in [0.4, 0.5) is 4.79 Å². The van der Waals surface area contributed by atoms with Crippen LogP contribution >= 0.6 is 27.7 Å². The molecule has 0 spiro atoms. The molecule has 1 saturated heterocycles. The summed E-state index contributed by atoms with van der Waals surface area (Å²) in [4.78, 5) is 22.9. The molecule has 0 aromatic heterocycles. The van der Waals surface area contributed by atoms with Gasteiger partial charge in [0, 0.05) is 0 Å². The molecular weight excluding hydrogens is 330 g/mol. The lowest BCUT2D eigenvalue weighted by Gasteiger charge is -2.07. The molecule has 1 aromatic rings. The summed E-state index contributed by atoms with van der Waals surface area (Å²) >= 11 is 4.33. The van der Waals surface area contributed by atoms with E-state index in [0.717, 1.165) is 34.0 Å². The predicted molar refractivity (Wildman–Crippen MR) is 79.0 cm³/mol. The Bertz CT molecular complexity index is 557. The second-order valence-electron chi connectivity index (χ2n) is 3.89. The first-order chi connectivity index (χ1) is 9.10. The molecule has 1 N–H and O–H groups in total. The van der Waals surface area contributed by atoms with Crippen LogP contribution in [-0.4, -0.2) is 17.8 Å². The summed E-state index contributed by atoms with van der Waals surface area (Å²) < 4.78 is 6.37. The highest BCUT2D eigenvalue weighted by atomic mass is 79.9. The van der Waals surface area contributed by atoms with E-state index in [0.29, 0.717) is 11.5 Å². The van der Waals surface area contributed by atoms with Crippen molar-refractivity contribution in [1.29, 1.82) is 0 Å². The second-order valence-corrected chi connectivity index (χ2v) is 5.76. The molecule has 1 fully saturated rings. The number of hydrogen-bond acceptors (Lipinski definition) is 4. The Balaban J connectivity index is 2.18. The Morgan fingerprint density at radius 2 is 2.21 bits per heavy atom. The van der Waals surface area contributed by atoms with Gasteiger partial charge in [-0.25, -0.2) is 0 Å². The van der Waals surface area contributed by atoms with Crippen LogP contribution in [0.25, 0.3) is 6.08 Å². The number of amides is 2. The van der Waals surface area contributed by atoms with Gasteiger partial charge in [0.2, 0.25) is 0 Å². The largest absolute Gasteiger partial charge is 0.492 e. The number of benzene rings is 1. The lowest BCUT2D eigenvalue weighted by atomic mass is 10.2. The van der Waals surface area contributed by atoms with Crippen molar-refractivity contribution in [3.63, 3.8) is 0 Å². The van der Waals surface area contributed by atoms with Crippen LogP contribution in [0.15, 0.2) is 27.6 Å². The first kappa shape index (κ1) is 14.1. The number of nitrogens with one attached hydrogen (secondary N) is 1. The molecule has 0 aliphatic carbocycles. The van der Waals surface area contributed by atoms with Gasteiger partial charge in [0.1, 0.15) is 5.75 Å². The number of carbonyl (C=O) groups is 2. The van der Waals surface area contributed by atoms with Crippen LogP contribution < -0.4 is 10.1 Å². The van der Waals surface area contributed by atoms with E-state index in [1.807, 2.05) is 25.1 Å². The molecule has 1 aliphatic heterocycles. The van der Waals surface area contributed by atoms with E-state index in [2.05, 4.69) is 21.2 Å². The second kappa shape index (κ2) is 6.25. The molecule has 6 heteroatoms. The van der Waals surface area contributed by atoms with Gasteiger partial charge in [-0.1, -0.05) is 13.0 Å². The molecule has 0 saturated carbocycles. The molecule has 2 rings (SSSR count). The molecule has 4 nitrogen and oxygen atoms in total. The highest BCUT2D eigenvalue weighted by molar-refractivity contribution is 9.10. The Morgan fingerprint density at radius 1 is 1.42 bits per heavy atom. The maximum atomic E-state index is 11.4. The molecule has 0 bridgehead atoms. The zero-order valence-corrected chi connectivity index (χ0v) is 12.6. The minimum absolute atomic E-state index is 0.335.